The van der Waals surface area contributed by atoms with E-state index in [0.717, 1.165) is 0 Å². The molecule has 14 heavy (non-hydrogen) atoms. The lowest BCUT2D eigenvalue weighted by Gasteiger charge is -2.16. The Morgan fingerprint density at radius 3 is 2.86 bits per heavy atom. The number of aliphatic hydroxyl groups is 2. The fourth-order valence-corrected chi connectivity index (χ4v) is 1.16. The van der Waals surface area contributed by atoms with Crippen LogP contribution in [0.4, 0.5) is 0 Å². The molecule has 0 bridgehead atoms. The summed E-state index contributed by atoms with van der Waals surface area (Å²) in [6.07, 6.45) is -0.568. The van der Waals surface area contributed by atoms with Gasteiger partial charge in [0.25, 0.3) is 0 Å². The van der Waals surface area contributed by atoms with Crippen molar-refractivity contribution in [3.63, 3.8) is 0 Å². The lowest BCUT2D eigenvalue weighted by atomic mass is 10.1. The van der Waals surface area contributed by atoms with Gasteiger partial charge in [0, 0.05) is 24.9 Å². The fraction of sp³-hybridized carbons (Fsp3) is 0.444. The van der Waals surface area contributed by atoms with Gasteiger partial charge in [-0.1, -0.05) is 0 Å². The summed E-state index contributed by atoms with van der Waals surface area (Å²) >= 11 is 0. The zero-order chi connectivity index (χ0) is 10.6. The average Bonchev–Trinajstić information content (AvgIpc) is 2.17. The predicted octanol–water partition coefficient (Wildman–Crippen LogP) is -1.01. The Balaban J connectivity index is 2.78. The zero-order valence-electron chi connectivity index (χ0n) is 7.90. The normalized spacial score (nSPS) is 15.1. The first kappa shape index (κ1) is 10.9. The highest BCUT2D eigenvalue weighted by atomic mass is 16.3. The van der Waals surface area contributed by atoms with Crippen LogP contribution in [0.1, 0.15) is 11.8 Å². The van der Waals surface area contributed by atoms with Gasteiger partial charge in [0.15, 0.2) is 5.43 Å². The summed E-state index contributed by atoms with van der Waals surface area (Å²) in [6, 6.07) is 2.62. The third-order valence-corrected chi connectivity index (χ3v) is 1.89. The topological polar surface area (TPSA) is 85.3 Å². The summed E-state index contributed by atoms with van der Waals surface area (Å²) in [6.45, 7) is 0.262. The van der Waals surface area contributed by atoms with E-state index >= 15 is 0 Å². The van der Waals surface area contributed by atoms with Gasteiger partial charge in [0.1, 0.15) is 6.10 Å². The van der Waals surface area contributed by atoms with Crippen molar-refractivity contribution < 1.29 is 10.2 Å². The molecule has 2 atom stereocenters. The van der Waals surface area contributed by atoms with E-state index in [1.54, 1.807) is 7.05 Å². The molecule has 0 aliphatic carbocycles. The summed E-state index contributed by atoms with van der Waals surface area (Å²) in [5.74, 6) is 0. The van der Waals surface area contributed by atoms with Crippen LogP contribution in [-0.2, 0) is 0 Å². The molecule has 0 radical (unpaired) electrons. The third kappa shape index (κ3) is 2.66. The molecule has 0 aromatic carbocycles. The third-order valence-electron chi connectivity index (χ3n) is 1.89. The van der Waals surface area contributed by atoms with Crippen LogP contribution in [0, 0.1) is 0 Å². The first-order valence-corrected chi connectivity index (χ1v) is 4.34. The zero-order valence-corrected chi connectivity index (χ0v) is 7.90. The molecule has 0 spiro atoms. The highest BCUT2D eigenvalue weighted by Crippen LogP contribution is 2.11. The first-order chi connectivity index (χ1) is 6.65. The van der Waals surface area contributed by atoms with Crippen molar-refractivity contribution in [1.29, 1.82) is 0 Å². The van der Waals surface area contributed by atoms with Crippen LogP contribution in [0.5, 0.6) is 0 Å². The van der Waals surface area contributed by atoms with Crippen LogP contribution in [0.25, 0.3) is 0 Å². The average molecular weight is 198 g/mol. The van der Waals surface area contributed by atoms with E-state index in [1.165, 1.54) is 18.3 Å². The molecular formula is C9H14N2O3. The maximum atomic E-state index is 10.9. The Morgan fingerprint density at radius 2 is 2.29 bits per heavy atom. The molecule has 78 valence electrons. The van der Waals surface area contributed by atoms with E-state index in [1.807, 2.05) is 0 Å². The second-order valence-electron chi connectivity index (χ2n) is 3.05. The number of likely N-dealkylation sites (N-methyl/N-ethyl adjacent to an activating group) is 1. The van der Waals surface area contributed by atoms with Crippen LogP contribution < -0.4 is 10.7 Å². The monoisotopic (exact) mass is 198 g/mol. The molecule has 0 aliphatic rings. The number of H-pyrrole nitrogens is 1. The van der Waals surface area contributed by atoms with Crippen molar-refractivity contribution in [1.82, 2.24) is 10.3 Å². The molecule has 0 fully saturated rings. The summed E-state index contributed by atoms with van der Waals surface area (Å²) in [5, 5.41) is 21.7. The molecule has 1 aromatic rings. The van der Waals surface area contributed by atoms with Gasteiger partial charge < -0.3 is 20.5 Å². The lowest BCUT2D eigenvalue weighted by Crippen LogP contribution is -2.30. The lowest BCUT2D eigenvalue weighted by molar-refractivity contribution is 0.0176. The van der Waals surface area contributed by atoms with Crippen molar-refractivity contribution >= 4 is 0 Å². The molecule has 0 saturated heterocycles. The van der Waals surface area contributed by atoms with Crippen LogP contribution in [-0.4, -0.2) is 34.9 Å². The largest absolute Gasteiger partial charge is 0.389 e. The molecular weight excluding hydrogens is 184 g/mol. The number of aromatic amines is 1. The first-order valence-electron chi connectivity index (χ1n) is 4.34. The van der Waals surface area contributed by atoms with E-state index in [2.05, 4.69) is 10.3 Å². The van der Waals surface area contributed by atoms with E-state index in [-0.39, 0.29) is 12.0 Å². The van der Waals surface area contributed by atoms with Crippen LogP contribution >= 0.6 is 0 Å². The molecule has 4 N–H and O–H groups in total. The Bertz CT molecular complexity index is 337. The summed E-state index contributed by atoms with van der Waals surface area (Å²) in [4.78, 5) is 13.7. The molecule has 0 amide bonds. The van der Waals surface area contributed by atoms with Gasteiger partial charge in [0.05, 0.1) is 11.8 Å². The molecule has 2 unspecified atom stereocenters. The number of pyridine rings is 1. The van der Waals surface area contributed by atoms with Gasteiger partial charge in [-0.15, -0.1) is 0 Å². The van der Waals surface area contributed by atoms with Crippen molar-refractivity contribution in [3.05, 3.63) is 34.2 Å². The Morgan fingerprint density at radius 1 is 1.57 bits per heavy atom. The van der Waals surface area contributed by atoms with Gasteiger partial charge in [-0.05, 0) is 7.05 Å². The Hall–Kier alpha value is -1.17. The minimum atomic E-state index is -1.07. The Labute approximate surface area is 81.4 Å². The smallest absolute Gasteiger partial charge is 0.181 e. The van der Waals surface area contributed by atoms with Gasteiger partial charge >= 0.3 is 0 Å². The van der Waals surface area contributed by atoms with Gasteiger partial charge in [-0.25, -0.2) is 0 Å². The minimum absolute atomic E-state index is 0.200. The van der Waals surface area contributed by atoms with E-state index in [4.69, 9.17) is 0 Å². The summed E-state index contributed by atoms with van der Waals surface area (Å²) in [7, 11) is 1.67. The van der Waals surface area contributed by atoms with Crippen LogP contribution in [0.3, 0.4) is 0 Å². The molecule has 1 rings (SSSR count). The van der Waals surface area contributed by atoms with Crippen molar-refractivity contribution in [2.45, 2.75) is 12.2 Å². The van der Waals surface area contributed by atoms with Crippen LogP contribution in [0.15, 0.2) is 23.1 Å². The molecule has 1 aromatic heterocycles. The fourth-order valence-electron chi connectivity index (χ4n) is 1.16. The van der Waals surface area contributed by atoms with Crippen molar-refractivity contribution in [2.75, 3.05) is 13.6 Å². The molecule has 5 heteroatoms. The molecule has 5 nitrogen and oxygen atoms in total. The number of aliphatic hydroxyl groups excluding tert-OH is 2. The molecule has 1 heterocycles. The molecule has 0 saturated carbocycles. The van der Waals surface area contributed by atoms with Gasteiger partial charge in [0.2, 0.25) is 0 Å². The standard InChI is InChI=1S/C9H14N2O3/c1-10-5-8(13)9(14)7-4-6(12)2-3-11-7/h2-4,8-10,13-14H,5H2,1H3,(H,11,12). The Kier molecular flexibility index (Phi) is 3.82. The van der Waals surface area contributed by atoms with Crippen LogP contribution in [0.2, 0.25) is 0 Å². The minimum Gasteiger partial charge on any atom is -0.389 e. The SMILES string of the molecule is CNCC(O)C(O)c1cc(=O)cc[nH]1. The van der Waals surface area contributed by atoms with Gasteiger partial charge in [-0.2, -0.15) is 0 Å². The number of rotatable bonds is 4. The maximum Gasteiger partial charge on any atom is 0.181 e. The summed E-state index contributed by atoms with van der Waals surface area (Å²) < 4.78 is 0. The number of hydrogen-bond acceptors (Lipinski definition) is 4. The highest BCUT2D eigenvalue weighted by molar-refractivity contribution is 5.08. The van der Waals surface area contributed by atoms with Gasteiger partial charge in [-0.3, -0.25) is 4.79 Å². The van der Waals surface area contributed by atoms with E-state index < -0.39 is 12.2 Å². The predicted molar refractivity (Wildman–Crippen MR) is 52.0 cm³/mol. The van der Waals surface area contributed by atoms with E-state index in [0.29, 0.717) is 5.69 Å². The quantitative estimate of drug-likeness (QED) is 0.499. The van der Waals surface area contributed by atoms with E-state index in [9.17, 15) is 15.0 Å². The number of aromatic nitrogens is 1. The second kappa shape index (κ2) is 4.90. The number of nitrogens with one attached hydrogen (secondary N) is 2. The van der Waals surface area contributed by atoms with Crippen molar-refractivity contribution in [2.24, 2.45) is 0 Å². The van der Waals surface area contributed by atoms with Crippen molar-refractivity contribution in [3.8, 4) is 0 Å². The maximum absolute atomic E-state index is 10.9. The summed E-state index contributed by atoms with van der Waals surface area (Å²) in [5.41, 5.74) is 0.120. The highest BCUT2D eigenvalue weighted by Gasteiger charge is 2.17. The second-order valence-corrected chi connectivity index (χ2v) is 3.05. The number of hydrogen-bond donors (Lipinski definition) is 4. The molecule has 0 aliphatic heterocycles.